The molecule has 0 bridgehead atoms. The number of rotatable bonds is 7. The maximum Gasteiger partial charge on any atom is 0.220 e. The minimum Gasteiger partial charge on any atom is -0.361 e. The van der Waals surface area contributed by atoms with Crippen LogP contribution in [0.5, 0.6) is 0 Å². The molecule has 1 amide bonds. The number of carbonyl (C=O) groups is 1. The molecule has 0 aliphatic rings. The second kappa shape index (κ2) is 9.02. The molecule has 2 N–H and O–H groups in total. The Labute approximate surface area is 176 Å². The molecular weight excluding hydrogens is 391 g/mol. The van der Waals surface area contributed by atoms with Crippen LogP contribution in [0.2, 0.25) is 10.0 Å². The Bertz CT molecular complexity index is 978. The summed E-state index contributed by atoms with van der Waals surface area (Å²) in [4.78, 5) is 16.1. The van der Waals surface area contributed by atoms with Crippen LogP contribution >= 0.6 is 23.2 Å². The van der Waals surface area contributed by atoms with E-state index in [1.165, 1.54) is 5.56 Å². The first kappa shape index (κ1) is 20.8. The summed E-state index contributed by atoms with van der Waals surface area (Å²) >= 11 is 12.4. The highest BCUT2D eigenvalue weighted by Gasteiger charge is 2.22. The van der Waals surface area contributed by atoms with Crippen molar-refractivity contribution in [3.05, 3.63) is 69.3 Å². The van der Waals surface area contributed by atoms with Crippen LogP contribution in [0.4, 0.5) is 0 Å². The van der Waals surface area contributed by atoms with Crippen molar-refractivity contribution in [3.63, 3.8) is 0 Å². The Kier molecular flexibility index (Phi) is 6.69. The van der Waals surface area contributed by atoms with Gasteiger partial charge < -0.3 is 10.3 Å². The Hall–Kier alpha value is -1.97. The molecule has 3 aromatic rings. The summed E-state index contributed by atoms with van der Waals surface area (Å²) in [7, 11) is 0. The van der Waals surface area contributed by atoms with Crippen LogP contribution in [0.3, 0.4) is 0 Å². The van der Waals surface area contributed by atoms with Crippen molar-refractivity contribution >= 4 is 40.0 Å². The Morgan fingerprint density at radius 2 is 1.93 bits per heavy atom. The highest BCUT2D eigenvalue weighted by molar-refractivity contribution is 6.42. The van der Waals surface area contributed by atoms with E-state index in [1.807, 2.05) is 18.3 Å². The van der Waals surface area contributed by atoms with Crippen molar-refractivity contribution in [2.24, 2.45) is 5.92 Å². The van der Waals surface area contributed by atoms with Gasteiger partial charge in [0.05, 0.1) is 10.0 Å². The quantitative estimate of drug-likeness (QED) is 0.464. The summed E-state index contributed by atoms with van der Waals surface area (Å²) in [5.74, 6) is 0.334. The number of halogens is 2. The molecule has 5 heteroatoms. The molecule has 0 saturated carbocycles. The standard InChI is InChI=1S/C23H26Cl2N2O/c1-4-15-6-5-7-17-19(13-27-23(15)17)18(11-22(28)26-12-14(2)3)16-8-9-20(24)21(25)10-16/h5-10,13-14,18,27H,4,11-12H2,1-3H3,(H,26,28). The zero-order valence-corrected chi connectivity index (χ0v) is 18.0. The highest BCUT2D eigenvalue weighted by Crippen LogP contribution is 2.36. The predicted molar refractivity (Wildman–Crippen MR) is 118 cm³/mol. The summed E-state index contributed by atoms with van der Waals surface area (Å²) < 4.78 is 0. The molecule has 0 aliphatic heterocycles. The molecular formula is C23H26Cl2N2O. The maximum absolute atomic E-state index is 12.7. The van der Waals surface area contributed by atoms with Gasteiger partial charge in [-0.15, -0.1) is 0 Å². The van der Waals surface area contributed by atoms with Crippen LogP contribution in [0.25, 0.3) is 10.9 Å². The third kappa shape index (κ3) is 4.53. The van der Waals surface area contributed by atoms with Gasteiger partial charge in [0.25, 0.3) is 0 Å². The SMILES string of the molecule is CCc1cccc2c(C(CC(=O)NCC(C)C)c3ccc(Cl)c(Cl)c3)c[nH]c12. The lowest BCUT2D eigenvalue weighted by Gasteiger charge is -2.18. The number of benzene rings is 2. The van der Waals surface area contributed by atoms with E-state index >= 15 is 0 Å². The van der Waals surface area contributed by atoms with E-state index in [4.69, 9.17) is 23.2 Å². The van der Waals surface area contributed by atoms with E-state index in [0.29, 0.717) is 28.9 Å². The summed E-state index contributed by atoms with van der Waals surface area (Å²) in [6, 6.07) is 11.9. The van der Waals surface area contributed by atoms with E-state index in [-0.39, 0.29) is 11.8 Å². The van der Waals surface area contributed by atoms with Gasteiger partial charge in [0.1, 0.15) is 0 Å². The number of para-hydroxylation sites is 1. The third-order valence-corrected chi connectivity index (χ3v) is 5.77. The molecule has 3 rings (SSSR count). The number of hydrogen-bond acceptors (Lipinski definition) is 1. The molecule has 2 aromatic carbocycles. The lowest BCUT2D eigenvalue weighted by molar-refractivity contribution is -0.121. The number of fused-ring (bicyclic) bond motifs is 1. The molecule has 0 radical (unpaired) electrons. The Morgan fingerprint density at radius 1 is 1.14 bits per heavy atom. The normalized spacial score (nSPS) is 12.5. The molecule has 0 spiro atoms. The van der Waals surface area contributed by atoms with E-state index in [2.05, 4.69) is 49.3 Å². The summed E-state index contributed by atoms with van der Waals surface area (Å²) in [5.41, 5.74) is 4.48. The van der Waals surface area contributed by atoms with Crippen molar-refractivity contribution < 1.29 is 4.79 Å². The molecule has 0 fully saturated rings. The van der Waals surface area contributed by atoms with Crippen LogP contribution in [0.15, 0.2) is 42.6 Å². The van der Waals surface area contributed by atoms with Crippen LogP contribution in [-0.4, -0.2) is 17.4 Å². The molecule has 1 atom stereocenters. The minimum absolute atomic E-state index is 0.0331. The van der Waals surface area contributed by atoms with Crippen molar-refractivity contribution in [1.29, 1.82) is 0 Å². The van der Waals surface area contributed by atoms with Crippen LogP contribution in [0.1, 0.15) is 49.8 Å². The molecule has 3 nitrogen and oxygen atoms in total. The van der Waals surface area contributed by atoms with Gasteiger partial charge in [0.15, 0.2) is 0 Å². The molecule has 1 heterocycles. The smallest absolute Gasteiger partial charge is 0.220 e. The minimum atomic E-state index is -0.109. The number of aryl methyl sites for hydroxylation is 1. The van der Waals surface area contributed by atoms with Crippen LogP contribution < -0.4 is 5.32 Å². The topological polar surface area (TPSA) is 44.9 Å². The molecule has 148 valence electrons. The zero-order chi connectivity index (χ0) is 20.3. The van der Waals surface area contributed by atoms with Crippen molar-refractivity contribution in [1.82, 2.24) is 10.3 Å². The average molecular weight is 417 g/mol. The molecule has 0 saturated heterocycles. The fourth-order valence-electron chi connectivity index (χ4n) is 3.53. The number of H-pyrrole nitrogens is 1. The summed E-state index contributed by atoms with van der Waals surface area (Å²) in [6.07, 6.45) is 3.32. The van der Waals surface area contributed by atoms with Gasteiger partial charge >= 0.3 is 0 Å². The maximum atomic E-state index is 12.7. The van der Waals surface area contributed by atoms with Crippen molar-refractivity contribution in [2.75, 3.05) is 6.54 Å². The summed E-state index contributed by atoms with van der Waals surface area (Å²) in [6.45, 7) is 6.98. The fraction of sp³-hybridized carbons (Fsp3) is 0.348. The van der Waals surface area contributed by atoms with Gasteiger partial charge in [0, 0.05) is 36.0 Å². The number of aromatic amines is 1. The van der Waals surface area contributed by atoms with Crippen LogP contribution in [-0.2, 0) is 11.2 Å². The number of carbonyl (C=O) groups excluding carboxylic acids is 1. The van der Waals surface area contributed by atoms with E-state index in [9.17, 15) is 4.79 Å². The lowest BCUT2D eigenvalue weighted by Crippen LogP contribution is -2.28. The van der Waals surface area contributed by atoms with Gasteiger partial charge in [-0.25, -0.2) is 0 Å². The number of amides is 1. The lowest BCUT2D eigenvalue weighted by atomic mass is 9.87. The Balaban J connectivity index is 2.03. The fourth-order valence-corrected chi connectivity index (χ4v) is 3.84. The first-order valence-electron chi connectivity index (χ1n) is 9.71. The summed E-state index contributed by atoms with van der Waals surface area (Å²) in [5, 5.41) is 5.19. The van der Waals surface area contributed by atoms with Crippen molar-refractivity contribution in [2.45, 2.75) is 39.5 Å². The Morgan fingerprint density at radius 3 is 2.61 bits per heavy atom. The number of hydrogen-bond donors (Lipinski definition) is 2. The van der Waals surface area contributed by atoms with Gasteiger partial charge in [0.2, 0.25) is 5.91 Å². The largest absolute Gasteiger partial charge is 0.361 e. The first-order valence-corrected chi connectivity index (χ1v) is 10.5. The number of nitrogens with one attached hydrogen (secondary N) is 2. The third-order valence-electron chi connectivity index (χ3n) is 5.03. The van der Waals surface area contributed by atoms with Gasteiger partial charge in [-0.3, -0.25) is 4.79 Å². The molecule has 28 heavy (non-hydrogen) atoms. The highest BCUT2D eigenvalue weighted by atomic mass is 35.5. The monoisotopic (exact) mass is 416 g/mol. The van der Waals surface area contributed by atoms with Crippen LogP contribution in [0, 0.1) is 5.92 Å². The predicted octanol–water partition coefficient (Wildman–Crippen LogP) is 6.33. The van der Waals surface area contributed by atoms with Gasteiger partial charge in [-0.1, -0.05) is 68.2 Å². The average Bonchev–Trinajstić information content (AvgIpc) is 3.10. The second-order valence-electron chi connectivity index (χ2n) is 7.57. The van der Waals surface area contributed by atoms with E-state index < -0.39 is 0 Å². The van der Waals surface area contributed by atoms with E-state index in [0.717, 1.165) is 28.5 Å². The second-order valence-corrected chi connectivity index (χ2v) is 8.38. The van der Waals surface area contributed by atoms with Gasteiger partial charge in [-0.2, -0.15) is 0 Å². The number of aromatic nitrogens is 1. The molecule has 0 aliphatic carbocycles. The van der Waals surface area contributed by atoms with Crippen molar-refractivity contribution in [3.8, 4) is 0 Å². The molecule has 1 aromatic heterocycles. The zero-order valence-electron chi connectivity index (χ0n) is 16.5. The first-order chi connectivity index (χ1) is 13.4. The van der Waals surface area contributed by atoms with Gasteiger partial charge in [-0.05, 0) is 41.2 Å². The van der Waals surface area contributed by atoms with E-state index in [1.54, 1.807) is 6.07 Å². The molecule has 1 unspecified atom stereocenters.